The molecule has 0 aliphatic carbocycles. The summed E-state index contributed by atoms with van der Waals surface area (Å²) in [5.74, 6) is 1.38. The van der Waals surface area contributed by atoms with Crippen molar-refractivity contribution >= 4 is 5.95 Å². The molecule has 2 aliphatic heterocycles. The van der Waals surface area contributed by atoms with E-state index in [1.807, 2.05) is 12.3 Å². The number of nitrogens with zero attached hydrogens (tertiary/aromatic N) is 5. The van der Waals surface area contributed by atoms with Crippen molar-refractivity contribution < 1.29 is 4.74 Å². The quantitative estimate of drug-likeness (QED) is 0.862. The average Bonchev–Trinajstić information content (AvgIpc) is 2.99. The summed E-state index contributed by atoms with van der Waals surface area (Å²) in [6.07, 6.45) is 13.1. The number of rotatable bonds is 3. The Morgan fingerprint density at radius 3 is 2.65 bits per heavy atom. The highest BCUT2D eigenvalue weighted by atomic mass is 16.5. The Morgan fingerprint density at radius 2 is 1.91 bits per heavy atom. The summed E-state index contributed by atoms with van der Waals surface area (Å²) >= 11 is 0. The van der Waals surface area contributed by atoms with Gasteiger partial charge in [0, 0.05) is 44.1 Å². The van der Waals surface area contributed by atoms with Gasteiger partial charge in [0.2, 0.25) is 5.95 Å². The Bertz CT molecular complexity index is 628. The topological polar surface area (TPSA) is 64.0 Å². The molecule has 2 aromatic heterocycles. The predicted octanol–water partition coefficient (Wildman–Crippen LogP) is 1.88. The summed E-state index contributed by atoms with van der Waals surface area (Å²) in [5.41, 5.74) is 1.10. The molecule has 6 nitrogen and oxygen atoms in total. The van der Waals surface area contributed by atoms with Crippen LogP contribution in [0.25, 0.3) is 0 Å². The van der Waals surface area contributed by atoms with Gasteiger partial charge in [0.15, 0.2) is 0 Å². The van der Waals surface area contributed by atoms with Crippen molar-refractivity contribution in [2.75, 3.05) is 24.6 Å². The van der Waals surface area contributed by atoms with Gasteiger partial charge >= 0.3 is 0 Å². The molecule has 120 valence electrons. The van der Waals surface area contributed by atoms with E-state index in [2.05, 4.69) is 24.8 Å². The van der Waals surface area contributed by atoms with Gasteiger partial charge in [-0.1, -0.05) is 0 Å². The number of ether oxygens (including phenoxy) is 1. The van der Waals surface area contributed by atoms with Crippen molar-refractivity contribution in [3.63, 3.8) is 0 Å². The van der Waals surface area contributed by atoms with E-state index < -0.39 is 0 Å². The molecule has 0 aromatic carbocycles. The standard InChI is InChI=1S/C17H21N5O/c1-4-20-16(21-5-1)22-8-2-17(3-9-22)11-14(13-23-17)10-15-12-18-6-7-19-15/h1,4-7,12,14H,2-3,8-11,13H2/t14-/m0/s1. The van der Waals surface area contributed by atoms with Crippen LogP contribution in [0.2, 0.25) is 0 Å². The highest BCUT2D eigenvalue weighted by Gasteiger charge is 2.43. The minimum absolute atomic E-state index is 0.0398. The van der Waals surface area contributed by atoms with Crippen molar-refractivity contribution in [2.24, 2.45) is 5.92 Å². The SMILES string of the molecule is c1cnc(N2CCC3(CC2)C[C@H](Cc2cnccn2)CO3)nc1. The molecule has 4 rings (SSSR count). The number of hydrogen-bond donors (Lipinski definition) is 0. The van der Waals surface area contributed by atoms with Crippen LogP contribution in [0.15, 0.2) is 37.1 Å². The first-order valence-electron chi connectivity index (χ1n) is 8.24. The van der Waals surface area contributed by atoms with Gasteiger partial charge in [-0.05, 0) is 37.7 Å². The molecule has 2 aromatic rings. The molecule has 0 radical (unpaired) electrons. The smallest absolute Gasteiger partial charge is 0.225 e. The van der Waals surface area contributed by atoms with E-state index in [-0.39, 0.29) is 5.60 Å². The fourth-order valence-corrected chi connectivity index (χ4v) is 3.72. The lowest BCUT2D eigenvalue weighted by atomic mass is 9.84. The van der Waals surface area contributed by atoms with Crippen molar-refractivity contribution in [2.45, 2.75) is 31.3 Å². The molecule has 0 unspecified atom stereocenters. The lowest BCUT2D eigenvalue weighted by Crippen LogP contribution is -2.44. The second kappa shape index (κ2) is 6.20. The molecule has 2 aliphatic rings. The highest BCUT2D eigenvalue weighted by Crippen LogP contribution is 2.39. The van der Waals surface area contributed by atoms with Crippen LogP contribution in [0.4, 0.5) is 5.95 Å². The van der Waals surface area contributed by atoms with Gasteiger partial charge in [0.25, 0.3) is 0 Å². The Hall–Kier alpha value is -2.08. The molecule has 2 fully saturated rings. The van der Waals surface area contributed by atoms with Crippen molar-refractivity contribution in [1.29, 1.82) is 0 Å². The fraction of sp³-hybridized carbons (Fsp3) is 0.529. The maximum Gasteiger partial charge on any atom is 0.225 e. The Morgan fingerprint density at radius 1 is 1.09 bits per heavy atom. The normalized spacial score (nSPS) is 23.3. The zero-order valence-corrected chi connectivity index (χ0v) is 13.1. The molecule has 0 saturated carbocycles. The van der Waals surface area contributed by atoms with E-state index in [4.69, 9.17) is 4.74 Å². The minimum atomic E-state index is 0.0398. The summed E-state index contributed by atoms with van der Waals surface area (Å²) in [6.45, 7) is 2.75. The van der Waals surface area contributed by atoms with Gasteiger partial charge in [0.1, 0.15) is 0 Å². The van der Waals surface area contributed by atoms with Crippen LogP contribution in [0.5, 0.6) is 0 Å². The Kier molecular flexibility index (Phi) is 3.91. The second-order valence-corrected chi connectivity index (χ2v) is 6.50. The Labute approximate surface area is 136 Å². The van der Waals surface area contributed by atoms with Gasteiger partial charge in [-0.25, -0.2) is 9.97 Å². The summed E-state index contributed by atoms with van der Waals surface area (Å²) in [6, 6.07) is 1.85. The maximum absolute atomic E-state index is 6.23. The summed E-state index contributed by atoms with van der Waals surface area (Å²) in [4.78, 5) is 19.5. The largest absolute Gasteiger partial charge is 0.375 e. The third-order valence-corrected chi connectivity index (χ3v) is 4.91. The molecule has 0 bridgehead atoms. The zero-order chi connectivity index (χ0) is 15.5. The first-order chi connectivity index (χ1) is 11.3. The molecular formula is C17H21N5O. The van der Waals surface area contributed by atoms with E-state index in [1.165, 1.54) is 0 Å². The number of hydrogen-bond acceptors (Lipinski definition) is 6. The minimum Gasteiger partial charge on any atom is -0.375 e. The van der Waals surface area contributed by atoms with Crippen molar-refractivity contribution in [1.82, 2.24) is 19.9 Å². The molecule has 2 saturated heterocycles. The molecule has 23 heavy (non-hydrogen) atoms. The van der Waals surface area contributed by atoms with Gasteiger partial charge in [-0.3, -0.25) is 9.97 Å². The zero-order valence-electron chi connectivity index (χ0n) is 13.1. The van der Waals surface area contributed by atoms with Crippen molar-refractivity contribution in [3.8, 4) is 0 Å². The van der Waals surface area contributed by atoms with Gasteiger partial charge < -0.3 is 9.64 Å². The molecular weight excluding hydrogens is 290 g/mol. The van der Waals surface area contributed by atoms with Crippen LogP contribution in [-0.2, 0) is 11.2 Å². The maximum atomic E-state index is 6.23. The van der Waals surface area contributed by atoms with E-state index in [0.717, 1.165) is 57.0 Å². The van der Waals surface area contributed by atoms with E-state index in [9.17, 15) is 0 Å². The van der Waals surface area contributed by atoms with Crippen LogP contribution < -0.4 is 4.90 Å². The lowest BCUT2D eigenvalue weighted by molar-refractivity contribution is -0.0154. The third-order valence-electron chi connectivity index (χ3n) is 4.91. The van der Waals surface area contributed by atoms with E-state index in [1.54, 1.807) is 24.8 Å². The number of anilines is 1. The average molecular weight is 311 g/mol. The summed E-state index contributed by atoms with van der Waals surface area (Å²) in [5, 5.41) is 0. The molecule has 4 heterocycles. The second-order valence-electron chi connectivity index (χ2n) is 6.50. The number of aromatic nitrogens is 4. The van der Waals surface area contributed by atoms with Crippen LogP contribution in [0.3, 0.4) is 0 Å². The summed E-state index contributed by atoms with van der Waals surface area (Å²) < 4.78 is 6.23. The van der Waals surface area contributed by atoms with Crippen LogP contribution >= 0.6 is 0 Å². The van der Waals surface area contributed by atoms with Gasteiger partial charge in [-0.2, -0.15) is 0 Å². The van der Waals surface area contributed by atoms with Gasteiger partial charge in [0.05, 0.1) is 17.9 Å². The van der Waals surface area contributed by atoms with E-state index in [0.29, 0.717) is 5.92 Å². The molecule has 6 heteroatoms. The molecule has 1 atom stereocenters. The van der Waals surface area contributed by atoms with Crippen LogP contribution in [-0.4, -0.2) is 45.2 Å². The lowest BCUT2D eigenvalue weighted by Gasteiger charge is -2.38. The molecule has 1 spiro atoms. The monoisotopic (exact) mass is 311 g/mol. The molecule has 0 amide bonds. The van der Waals surface area contributed by atoms with E-state index >= 15 is 0 Å². The summed E-state index contributed by atoms with van der Waals surface area (Å²) in [7, 11) is 0. The van der Waals surface area contributed by atoms with Crippen molar-refractivity contribution in [3.05, 3.63) is 42.7 Å². The van der Waals surface area contributed by atoms with Crippen LogP contribution in [0.1, 0.15) is 25.0 Å². The van der Waals surface area contributed by atoms with Gasteiger partial charge in [-0.15, -0.1) is 0 Å². The Balaban J connectivity index is 1.35. The highest BCUT2D eigenvalue weighted by molar-refractivity contribution is 5.29. The van der Waals surface area contributed by atoms with Crippen LogP contribution in [0, 0.1) is 5.92 Å². The predicted molar refractivity (Wildman–Crippen MR) is 86.0 cm³/mol. The third kappa shape index (κ3) is 3.17. The molecule has 0 N–H and O–H groups in total. The first kappa shape index (κ1) is 14.5. The fourth-order valence-electron chi connectivity index (χ4n) is 3.72. The first-order valence-corrected chi connectivity index (χ1v) is 8.24. The number of piperidine rings is 1.